The topological polar surface area (TPSA) is 112 Å². The van der Waals surface area contributed by atoms with Gasteiger partial charge in [0.05, 0.1) is 0 Å². The van der Waals surface area contributed by atoms with E-state index in [0.717, 1.165) is 31.6 Å². The van der Waals surface area contributed by atoms with Gasteiger partial charge in [-0.3, -0.25) is 0 Å². The van der Waals surface area contributed by atoms with Crippen molar-refractivity contribution in [3.05, 3.63) is 0 Å². The first-order valence-corrected chi connectivity index (χ1v) is 7.07. The molecule has 1 saturated heterocycles. The predicted molar refractivity (Wildman–Crippen MR) is 78.8 cm³/mol. The fraction of sp³-hybridized carbons (Fsp3) is 0.833. The van der Waals surface area contributed by atoms with Crippen molar-refractivity contribution in [1.82, 2.24) is 15.3 Å². The van der Waals surface area contributed by atoms with Gasteiger partial charge in [-0.2, -0.15) is 0 Å². The second kappa shape index (κ2) is 8.73. The Morgan fingerprint density at radius 2 is 2.38 bits per heavy atom. The Balaban J connectivity index is 2.64. The molecule has 1 rings (SSSR count). The van der Waals surface area contributed by atoms with Crippen LogP contribution >= 0.6 is 0 Å². The molecule has 0 aromatic carbocycles. The monoisotopic (exact) mass is 297 g/mol. The Kier molecular flexibility index (Phi) is 7.31. The number of piperidine rings is 1. The fourth-order valence-corrected chi connectivity index (χ4v) is 2.58. The summed E-state index contributed by atoms with van der Waals surface area (Å²) in [7, 11) is 3.70. The average molecular weight is 297 g/mol. The van der Waals surface area contributed by atoms with E-state index in [0.29, 0.717) is 13.0 Å². The molecule has 4 N–H and O–H groups in total. The number of hydrogen-bond acceptors (Lipinski definition) is 5. The van der Waals surface area contributed by atoms with Crippen LogP contribution in [0.2, 0.25) is 0 Å². The number of carbonyl (C=O) groups is 1. The van der Waals surface area contributed by atoms with E-state index in [2.05, 4.69) is 5.32 Å². The van der Waals surface area contributed by atoms with Crippen molar-refractivity contribution in [2.24, 2.45) is 11.7 Å². The van der Waals surface area contributed by atoms with Gasteiger partial charge in [0, 0.05) is 0 Å². The summed E-state index contributed by atoms with van der Waals surface area (Å²) in [5, 5.41) is 11.6. The third kappa shape index (κ3) is 5.43. The molecule has 21 heavy (non-hydrogen) atoms. The minimum absolute atomic E-state index is 0.0671. The Morgan fingerprint density at radius 3 is 2.95 bits per heavy atom. The SMILES string of the molecule is CON(C)C(=O)C(CC1CCCN(C(=N)N)C1)NCB=O. The molecule has 1 fully saturated rings. The Morgan fingerprint density at radius 1 is 1.67 bits per heavy atom. The molecule has 1 aliphatic rings. The number of guanidine groups is 1. The van der Waals surface area contributed by atoms with Crippen molar-refractivity contribution in [3.8, 4) is 0 Å². The van der Waals surface area contributed by atoms with Gasteiger partial charge in [0.25, 0.3) is 0 Å². The Hall–Kier alpha value is -1.48. The molecule has 0 aromatic heterocycles. The first kappa shape index (κ1) is 17.6. The van der Waals surface area contributed by atoms with E-state index in [1.54, 1.807) is 7.05 Å². The molecule has 1 aliphatic heterocycles. The Bertz CT molecular complexity index is 382. The molecule has 0 aromatic rings. The quantitative estimate of drug-likeness (QED) is 0.240. The number of hydroxylamine groups is 2. The van der Waals surface area contributed by atoms with E-state index < -0.39 is 6.04 Å². The predicted octanol–water partition coefficient (Wildman–Crippen LogP) is -1.03. The van der Waals surface area contributed by atoms with Crippen molar-refractivity contribution in [3.63, 3.8) is 0 Å². The van der Waals surface area contributed by atoms with Crippen LogP contribution in [0.25, 0.3) is 0 Å². The number of carbonyl (C=O) groups excluding carboxylic acids is 1. The van der Waals surface area contributed by atoms with Gasteiger partial charge in [-0.25, -0.2) is 0 Å². The summed E-state index contributed by atoms with van der Waals surface area (Å²) in [6.45, 7) is 1.45. The van der Waals surface area contributed by atoms with Gasteiger partial charge in [0.1, 0.15) is 0 Å². The van der Waals surface area contributed by atoms with Crippen LogP contribution in [-0.2, 0) is 14.3 Å². The molecule has 0 aliphatic carbocycles. The molecule has 2 atom stereocenters. The van der Waals surface area contributed by atoms with E-state index in [9.17, 15) is 9.50 Å². The normalized spacial score (nSPS) is 19.7. The Labute approximate surface area is 125 Å². The zero-order valence-electron chi connectivity index (χ0n) is 12.7. The zero-order chi connectivity index (χ0) is 15.8. The van der Waals surface area contributed by atoms with E-state index in [4.69, 9.17) is 16.0 Å². The molecule has 1 heterocycles. The summed E-state index contributed by atoms with van der Waals surface area (Å²) in [4.78, 5) is 18.9. The number of nitrogens with one attached hydrogen (secondary N) is 2. The van der Waals surface area contributed by atoms with Crippen molar-refractivity contribution in [2.45, 2.75) is 25.3 Å². The number of rotatable bonds is 7. The van der Waals surface area contributed by atoms with Crippen molar-refractivity contribution < 1.29 is 14.3 Å². The number of amides is 1. The number of nitrogens with two attached hydrogens (primary N) is 1. The number of likely N-dealkylation sites (tertiary alicyclic amines) is 1. The molecule has 118 valence electrons. The molecular weight excluding hydrogens is 273 g/mol. The standard InChI is InChI=1S/C12H24BN5O3/c1-17(21-2)11(19)10(16-8-13-20)6-9-4-3-5-18(7-9)12(14)15/h9-10,16H,3-8H2,1-2H3,(H3,14,15). The van der Waals surface area contributed by atoms with Crippen LogP contribution in [-0.4, -0.2) is 68.7 Å². The van der Waals surface area contributed by atoms with Crippen LogP contribution in [0.4, 0.5) is 0 Å². The molecule has 0 spiro atoms. The summed E-state index contributed by atoms with van der Waals surface area (Å²) in [6, 6.07) is -0.475. The van der Waals surface area contributed by atoms with Crippen molar-refractivity contribution >= 4 is 19.0 Å². The third-order valence-corrected chi connectivity index (χ3v) is 3.76. The maximum absolute atomic E-state index is 12.2. The first-order valence-electron chi connectivity index (χ1n) is 7.07. The average Bonchev–Trinajstić information content (AvgIpc) is 2.50. The molecular formula is C12H24BN5O3. The zero-order valence-corrected chi connectivity index (χ0v) is 12.7. The van der Waals surface area contributed by atoms with Crippen LogP contribution < -0.4 is 11.1 Å². The van der Waals surface area contributed by atoms with Crippen LogP contribution in [0.1, 0.15) is 19.3 Å². The van der Waals surface area contributed by atoms with Crippen LogP contribution in [0.3, 0.4) is 0 Å². The molecule has 0 radical (unpaired) electrons. The van der Waals surface area contributed by atoms with Gasteiger partial charge >= 0.3 is 125 Å². The molecule has 0 saturated carbocycles. The fourth-order valence-electron chi connectivity index (χ4n) is 2.58. The van der Waals surface area contributed by atoms with Gasteiger partial charge in [-0.15, -0.1) is 0 Å². The molecule has 0 bridgehead atoms. The second-order valence-corrected chi connectivity index (χ2v) is 5.22. The van der Waals surface area contributed by atoms with Gasteiger partial charge in [-0.1, -0.05) is 0 Å². The van der Waals surface area contributed by atoms with Crippen LogP contribution in [0.15, 0.2) is 0 Å². The third-order valence-electron chi connectivity index (χ3n) is 3.76. The summed E-state index contributed by atoms with van der Waals surface area (Å²) in [5.74, 6) is 0.109. The van der Waals surface area contributed by atoms with E-state index >= 15 is 0 Å². The van der Waals surface area contributed by atoms with Crippen molar-refractivity contribution in [2.75, 3.05) is 33.7 Å². The van der Waals surface area contributed by atoms with Gasteiger partial charge < -0.3 is 0 Å². The first-order chi connectivity index (χ1) is 9.99. The molecule has 8 nitrogen and oxygen atoms in total. The summed E-state index contributed by atoms with van der Waals surface area (Å²) >= 11 is 0. The summed E-state index contributed by atoms with van der Waals surface area (Å²) in [5.41, 5.74) is 5.52. The van der Waals surface area contributed by atoms with Gasteiger partial charge in [0.15, 0.2) is 0 Å². The number of nitrogens with zero attached hydrogens (tertiary/aromatic N) is 2. The van der Waals surface area contributed by atoms with Crippen LogP contribution in [0, 0.1) is 11.3 Å². The summed E-state index contributed by atoms with van der Waals surface area (Å²) in [6.07, 6.45) is 2.63. The van der Waals surface area contributed by atoms with Crippen molar-refractivity contribution in [1.29, 1.82) is 5.41 Å². The van der Waals surface area contributed by atoms with Crippen LogP contribution in [0.5, 0.6) is 0 Å². The van der Waals surface area contributed by atoms with Gasteiger partial charge in [0.2, 0.25) is 0 Å². The van der Waals surface area contributed by atoms with E-state index in [-0.39, 0.29) is 24.2 Å². The molecule has 1 amide bonds. The van der Waals surface area contributed by atoms with E-state index in [1.165, 1.54) is 7.11 Å². The summed E-state index contributed by atoms with van der Waals surface area (Å²) < 4.78 is 10.5. The molecule has 2 unspecified atom stereocenters. The number of likely N-dealkylation sites (N-methyl/N-ethyl adjacent to an activating group) is 1. The minimum atomic E-state index is -0.475. The van der Waals surface area contributed by atoms with E-state index in [1.807, 2.05) is 4.90 Å². The van der Waals surface area contributed by atoms with Gasteiger partial charge in [-0.05, 0) is 0 Å². The molecule has 9 heteroatoms. The number of hydrogen-bond donors (Lipinski definition) is 3. The maximum atomic E-state index is 12.2. The second-order valence-electron chi connectivity index (χ2n) is 5.22.